The number of amides is 2. The molecule has 2 aromatic carbocycles. The molecule has 0 fully saturated rings. The Balaban J connectivity index is 1.88. The Bertz CT molecular complexity index is 860. The SMILES string of the molecule is O=C(NCC#Cc1cccc(C(F)(F)F)c1)Nc1ccc(C(F)(F)F)cc1. The van der Waals surface area contributed by atoms with E-state index in [1.165, 1.54) is 12.1 Å². The van der Waals surface area contributed by atoms with Crippen molar-refractivity contribution in [1.82, 2.24) is 5.32 Å². The number of carbonyl (C=O) groups excluding carboxylic acids is 1. The maximum atomic E-state index is 12.6. The summed E-state index contributed by atoms with van der Waals surface area (Å²) < 4.78 is 75.1. The van der Waals surface area contributed by atoms with Crippen molar-refractivity contribution in [3.63, 3.8) is 0 Å². The van der Waals surface area contributed by atoms with E-state index in [0.29, 0.717) is 0 Å². The van der Waals surface area contributed by atoms with Crippen LogP contribution in [-0.4, -0.2) is 12.6 Å². The molecule has 0 saturated heterocycles. The van der Waals surface area contributed by atoms with Crippen molar-refractivity contribution in [1.29, 1.82) is 0 Å². The molecule has 27 heavy (non-hydrogen) atoms. The van der Waals surface area contributed by atoms with Crippen LogP contribution in [-0.2, 0) is 12.4 Å². The number of hydrogen-bond acceptors (Lipinski definition) is 1. The highest BCUT2D eigenvalue weighted by molar-refractivity contribution is 5.89. The number of rotatable bonds is 2. The van der Waals surface area contributed by atoms with Gasteiger partial charge >= 0.3 is 18.4 Å². The third-order valence-corrected chi connectivity index (χ3v) is 3.23. The summed E-state index contributed by atoms with van der Waals surface area (Å²) in [7, 11) is 0. The van der Waals surface area contributed by atoms with Crippen molar-refractivity contribution < 1.29 is 31.1 Å². The van der Waals surface area contributed by atoms with Crippen molar-refractivity contribution in [3.05, 3.63) is 65.2 Å². The van der Waals surface area contributed by atoms with Crippen LogP contribution in [0.15, 0.2) is 48.5 Å². The number of urea groups is 1. The fourth-order valence-corrected chi connectivity index (χ4v) is 1.96. The number of carbonyl (C=O) groups is 1. The van der Waals surface area contributed by atoms with Crippen molar-refractivity contribution in [3.8, 4) is 11.8 Å². The van der Waals surface area contributed by atoms with Crippen molar-refractivity contribution in [2.75, 3.05) is 11.9 Å². The molecule has 0 saturated carbocycles. The highest BCUT2D eigenvalue weighted by atomic mass is 19.4. The van der Waals surface area contributed by atoms with Crippen molar-refractivity contribution >= 4 is 11.7 Å². The summed E-state index contributed by atoms with van der Waals surface area (Å²) in [4.78, 5) is 11.6. The van der Waals surface area contributed by atoms with Gasteiger partial charge in [-0.3, -0.25) is 0 Å². The van der Waals surface area contributed by atoms with E-state index in [-0.39, 0.29) is 17.8 Å². The smallest absolute Gasteiger partial charge is 0.327 e. The lowest BCUT2D eigenvalue weighted by atomic mass is 10.1. The van der Waals surface area contributed by atoms with Crippen LogP contribution in [0, 0.1) is 11.8 Å². The van der Waals surface area contributed by atoms with Crippen LogP contribution < -0.4 is 10.6 Å². The van der Waals surface area contributed by atoms with Crippen molar-refractivity contribution in [2.45, 2.75) is 12.4 Å². The van der Waals surface area contributed by atoms with Crippen molar-refractivity contribution in [2.24, 2.45) is 0 Å². The Morgan fingerprint density at radius 1 is 0.889 bits per heavy atom. The van der Waals surface area contributed by atoms with Gasteiger partial charge in [0.1, 0.15) is 0 Å². The molecule has 0 unspecified atom stereocenters. The minimum absolute atomic E-state index is 0.134. The van der Waals surface area contributed by atoms with E-state index in [1.807, 2.05) is 0 Å². The molecule has 0 aromatic heterocycles. The van der Waals surface area contributed by atoms with Gasteiger partial charge in [-0.25, -0.2) is 4.79 Å². The van der Waals surface area contributed by atoms with Crippen LogP contribution in [0.4, 0.5) is 36.8 Å². The zero-order valence-corrected chi connectivity index (χ0v) is 13.5. The second-order valence-corrected chi connectivity index (χ2v) is 5.26. The fourth-order valence-electron chi connectivity index (χ4n) is 1.96. The van der Waals surface area contributed by atoms with Gasteiger partial charge in [0.05, 0.1) is 17.7 Å². The molecule has 0 radical (unpaired) electrons. The van der Waals surface area contributed by atoms with Gasteiger partial charge in [0, 0.05) is 11.3 Å². The molecule has 0 bridgehead atoms. The monoisotopic (exact) mass is 386 g/mol. The highest BCUT2D eigenvalue weighted by Crippen LogP contribution is 2.30. The molecule has 0 atom stereocenters. The van der Waals surface area contributed by atoms with E-state index < -0.39 is 29.5 Å². The number of alkyl halides is 6. The number of halogens is 6. The third-order valence-electron chi connectivity index (χ3n) is 3.23. The molecule has 0 aliphatic heterocycles. The maximum Gasteiger partial charge on any atom is 0.416 e. The largest absolute Gasteiger partial charge is 0.416 e. The van der Waals surface area contributed by atoms with Gasteiger partial charge in [0.25, 0.3) is 0 Å². The van der Waals surface area contributed by atoms with Crippen LogP contribution >= 0.6 is 0 Å². The van der Waals surface area contributed by atoms with Crippen LogP contribution in [0.25, 0.3) is 0 Å². The van der Waals surface area contributed by atoms with Gasteiger partial charge in [0.15, 0.2) is 0 Å². The molecule has 9 heteroatoms. The minimum atomic E-state index is -4.47. The van der Waals surface area contributed by atoms with E-state index in [2.05, 4.69) is 22.5 Å². The Morgan fingerprint density at radius 3 is 2.11 bits per heavy atom. The molecule has 2 N–H and O–H groups in total. The van der Waals surface area contributed by atoms with Gasteiger partial charge in [-0.1, -0.05) is 17.9 Å². The zero-order valence-electron chi connectivity index (χ0n) is 13.5. The van der Waals surface area contributed by atoms with Crippen LogP contribution in [0.3, 0.4) is 0 Å². The average Bonchev–Trinajstić information content (AvgIpc) is 2.58. The lowest BCUT2D eigenvalue weighted by molar-refractivity contribution is -0.138. The van der Waals surface area contributed by atoms with E-state index in [1.54, 1.807) is 0 Å². The van der Waals surface area contributed by atoms with Gasteiger partial charge < -0.3 is 10.6 Å². The van der Waals surface area contributed by atoms with Crippen LogP contribution in [0.2, 0.25) is 0 Å². The molecule has 3 nitrogen and oxygen atoms in total. The van der Waals surface area contributed by atoms with Crippen LogP contribution in [0.5, 0.6) is 0 Å². The predicted molar refractivity (Wildman–Crippen MR) is 86.8 cm³/mol. The maximum absolute atomic E-state index is 12.6. The second kappa shape index (κ2) is 8.03. The van der Waals surface area contributed by atoms with E-state index in [9.17, 15) is 31.1 Å². The number of benzene rings is 2. The molecule has 2 amide bonds. The number of anilines is 1. The highest BCUT2D eigenvalue weighted by Gasteiger charge is 2.30. The van der Waals surface area contributed by atoms with Crippen LogP contribution in [0.1, 0.15) is 16.7 Å². The standard InChI is InChI=1S/C18H12F6N2O/c19-17(20,21)13-6-8-15(9-7-13)26-16(27)25-10-2-4-12-3-1-5-14(11-12)18(22,23)24/h1,3,5-9,11H,10H2,(H2,25,26,27). The van der Waals surface area contributed by atoms with E-state index in [0.717, 1.165) is 36.4 Å². The number of nitrogens with one attached hydrogen (secondary N) is 2. The summed E-state index contributed by atoms with van der Waals surface area (Å²) in [6.45, 7) is -0.164. The molecule has 0 spiro atoms. The normalized spacial score (nSPS) is 11.3. The third kappa shape index (κ3) is 6.26. The molecule has 2 aromatic rings. The lowest BCUT2D eigenvalue weighted by Crippen LogP contribution is -2.28. The second-order valence-electron chi connectivity index (χ2n) is 5.26. The minimum Gasteiger partial charge on any atom is -0.327 e. The van der Waals surface area contributed by atoms with Gasteiger partial charge in [0.2, 0.25) is 0 Å². The zero-order chi connectivity index (χ0) is 20.1. The van der Waals surface area contributed by atoms with E-state index >= 15 is 0 Å². The van der Waals surface area contributed by atoms with Gasteiger partial charge in [-0.2, -0.15) is 26.3 Å². The van der Waals surface area contributed by atoms with E-state index in [4.69, 9.17) is 0 Å². The first kappa shape index (κ1) is 20.2. The first-order valence-corrected chi connectivity index (χ1v) is 7.44. The van der Waals surface area contributed by atoms with Gasteiger partial charge in [-0.05, 0) is 42.5 Å². The Morgan fingerprint density at radius 2 is 1.52 bits per heavy atom. The summed E-state index contributed by atoms with van der Waals surface area (Å²) in [6.07, 6.45) is -8.95. The molecule has 0 aliphatic rings. The molecule has 0 aliphatic carbocycles. The Kier molecular flexibility index (Phi) is 6.00. The summed E-state index contributed by atoms with van der Waals surface area (Å²) in [6, 6.07) is 7.53. The fraction of sp³-hybridized carbons (Fsp3) is 0.167. The molecular formula is C18H12F6N2O. The Hall–Kier alpha value is -3.15. The molecular weight excluding hydrogens is 374 g/mol. The molecule has 2 rings (SSSR count). The average molecular weight is 386 g/mol. The molecule has 142 valence electrons. The summed E-state index contributed by atoms with van der Waals surface area (Å²) >= 11 is 0. The quantitative estimate of drug-likeness (QED) is 0.560. The lowest BCUT2D eigenvalue weighted by Gasteiger charge is -2.08. The Labute approximate surface area is 150 Å². The molecule has 0 heterocycles. The summed E-state index contributed by atoms with van der Waals surface area (Å²) in [5.41, 5.74) is -1.40. The summed E-state index contributed by atoms with van der Waals surface area (Å²) in [5.74, 6) is 4.97. The number of hydrogen-bond donors (Lipinski definition) is 2. The first-order valence-electron chi connectivity index (χ1n) is 7.44. The topological polar surface area (TPSA) is 41.1 Å². The summed E-state index contributed by atoms with van der Waals surface area (Å²) in [5, 5.41) is 4.64. The predicted octanol–water partition coefficient (Wildman–Crippen LogP) is 4.90. The van der Waals surface area contributed by atoms with Gasteiger partial charge in [-0.15, -0.1) is 0 Å². The first-order chi connectivity index (χ1) is 12.6.